The quantitative estimate of drug-likeness (QED) is 0.604. The molecule has 0 saturated carbocycles. The normalized spacial score (nSPS) is 12.5. The highest BCUT2D eigenvalue weighted by molar-refractivity contribution is 7.90. The van der Waals surface area contributed by atoms with E-state index in [-0.39, 0.29) is 11.5 Å². The van der Waals surface area contributed by atoms with E-state index in [4.69, 9.17) is 5.14 Å². The lowest BCUT2D eigenvalue weighted by molar-refractivity contribution is 0.313. The van der Waals surface area contributed by atoms with Crippen LogP contribution in [0.4, 0.5) is 0 Å². The van der Waals surface area contributed by atoms with E-state index in [1.165, 1.54) is 3.97 Å². The molecule has 3 aromatic rings. The van der Waals surface area contributed by atoms with Gasteiger partial charge >= 0.3 is 10.3 Å². The van der Waals surface area contributed by atoms with Crippen molar-refractivity contribution in [3.8, 4) is 0 Å². The van der Waals surface area contributed by atoms with Gasteiger partial charge in [0.25, 0.3) is 10.0 Å². The predicted molar refractivity (Wildman–Crippen MR) is 103 cm³/mol. The van der Waals surface area contributed by atoms with Crippen molar-refractivity contribution in [2.24, 2.45) is 5.14 Å². The molecule has 144 valence electrons. The van der Waals surface area contributed by atoms with Gasteiger partial charge in [-0.3, -0.25) is 4.18 Å². The van der Waals surface area contributed by atoms with Crippen molar-refractivity contribution in [1.29, 1.82) is 0 Å². The molecule has 0 saturated heterocycles. The van der Waals surface area contributed by atoms with Gasteiger partial charge in [-0.25, -0.2) is 17.5 Å². The van der Waals surface area contributed by atoms with Crippen LogP contribution in [0.3, 0.4) is 0 Å². The number of fused-ring (bicyclic) bond motifs is 1. The van der Waals surface area contributed by atoms with Crippen molar-refractivity contribution < 1.29 is 21.0 Å². The number of hydrogen-bond acceptors (Lipinski definition) is 5. The maximum atomic E-state index is 13.1. The van der Waals surface area contributed by atoms with Gasteiger partial charge in [-0.05, 0) is 43.5 Å². The number of nitrogens with two attached hydrogens (primary N) is 1. The first-order valence-corrected chi connectivity index (χ1v) is 11.2. The van der Waals surface area contributed by atoms with Crippen molar-refractivity contribution in [3.63, 3.8) is 0 Å². The van der Waals surface area contributed by atoms with Crippen LogP contribution in [-0.2, 0) is 30.9 Å². The number of benzene rings is 2. The van der Waals surface area contributed by atoms with E-state index < -0.39 is 20.3 Å². The maximum absolute atomic E-state index is 13.1. The van der Waals surface area contributed by atoms with E-state index in [1.807, 2.05) is 19.1 Å². The van der Waals surface area contributed by atoms with Crippen LogP contribution in [-0.4, -0.2) is 27.4 Å². The molecule has 0 aliphatic carbocycles. The van der Waals surface area contributed by atoms with Crippen LogP contribution in [0.5, 0.6) is 0 Å². The van der Waals surface area contributed by atoms with Crippen LogP contribution in [0.2, 0.25) is 0 Å². The van der Waals surface area contributed by atoms with Crippen LogP contribution < -0.4 is 5.14 Å². The molecule has 0 unspecified atom stereocenters. The standard InChI is InChI=1S/C18H20N2O5S2/c1-14-8-10-16(11-9-14)26(21,22)20-13-15(5-4-12-25-27(19,23)24)17-6-2-3-7-18(17)20/h2-3,6-11,13H,4-5,12H2,1H3,(H2,19,23,24). The summed E-state index contributed by atoms with van der Waals surface area (Å²) in [6, 6.07) is 13.9. The lowest BCUT2D eigenvalue weighted by Gasteiger charge is -2.07. The Morgan fingerprint density at radius 1 is 1.00 bits per heavy atom. The second kappa shape index (κ2) is 7.43. The molecule has 7 nitrogen and oxygen atoms in total. The van der Waals surface area contributed by atoms with E-state index in [9.17, 15) is 16.8 Å². The zero-order valence-corrected chi connectivity index (χ0v) is 16.3. The van der Waals surface area contributed by atoms with Gasteiger partial charge in [-0.2, -0.15) is 8.42 Å². The summed E-state index contributed by atoms with van der Waals surface area (Å²) in [6.07, 6.45) is 2.41. The fourth-order valence-corrected chi connectivity index (χ4v) is 4.62. The van der Waals surface area contributed by atoms with E-state index in [1.54, 1.807) is 42.6 Å². The van der Waals surface area contributed by atoms with Gasteiger partial charge in [-0.1, -0.05) is 35.9 Å². The van der Waals surface area contributed by atoms with Gasteiger partial charge in [0.05, 0.1) is 17.0 Å². The molecule has 0 radical (unpaired) electrons. The van der Waals surface area contributed by atoms with Crippen molar-refractivity contribution in [2.45, 2.75) is 24.7 Å². The van der Waals surface area contributed by atoms with Crippen LogP contribution in [0.1, 0.15) is 17.5 Å². The molecule has 0 amide bonds. The molecular weight excluding hydrogens is 388 g/mol. The van der Waals surface area contributed by atoms with E-state index in [0.29, 0.717) is 18.4 Å². The molecule has 3 rings (SSSR count). The zero-order chi connectivity index (χ0) is 19.7. The Balaban J connectivity index is 1.96. The van der Waals surface area contributed by atoms with Gasteiger partial charge < -0.3 is 0 Å². The van der Waals surface area contributed by atoms with Crippen LogP contribution in [0.25, 0.3) is 10.9 Å². The molecule has 0 bridgehead atoms. The first-order valence-electron chi connectivity index (χ1n) is 8.27. The number of nitrogens with zero attached hydrogens (tertiary/aromatic N) is 1. The topological polar surface area (TPSA) is 108 Å². The molecule has 9 heteroatoms. The summed E-state index contributed by atoms with van der Waals surface area (Å²) in [5.41, 5.74) is 2.33. The summed E-state index contributed by atoms with van der Waals surface area (Å²) in [5.74, 6) is 0. The molecule has 0 aliphatic heterocycles. The number of aromatic nitrogens is 1. The van der Waals surface area contributed by atoms with Gasteiger partial charge in [0.2, 0.25) is 0 Å². The summed E-state index contributed by atoms with van der Waals surface area (Å²) in [7, 11) is -7.73. The Morgan fingerprint density at radius 3 is 2.33 bits per heavy atom. The highest BCUT2D eigenvalue weighted by Gasteiger charge is 2.21. The number of para-hydroxylation sites is 1. The zero-order valence-electron chi connectivity index (χ0n) is 14.7. The van der Waals surface area contributed by atoms with Crippen molar-refractivity contribution >= 4 is 31.2 Å². The average Bonchev–Trinajstić information content (AvgIpc) is 2.98. The summed E-state index contributed by atoms with van der Waals surface area (Å²) < 4.78 is 53.6. The molecule has 27 heavy (non-hydrogen) atoms. The Labute approximate surface area is 158 Å². The highest BCUT2D eigenvalue weighted by Crippen LogP contribution is 2.27. The summed E-state index contributed by atoms with van der Waals surface area (Å²) >= 11 is 0. The van der Waals surface area contributed by atoms with Crippen LogP contribution in [0, 0.1) is 6.92 Å². The van der Waals surface area contributed by atoms with Crippen LogP contribution >= 0.6 is 0 Å². The first-order chi connectivity index (χ1) is 12.7. The lowest BCUT2D eigenvalue weighted by atomic mass is 10.1. The first kappa shape index (κ1) is 19.6. The maximum Gasteiger partial charge on any atom is 0.333 e. The molecule has 0 spiro atoms. The Bertz CT molecular complexity index is 1160. The molecule has 0 atom stereocenters. The molecule has 2 N–H and O–H groups in total. The van der Waals surface area contributed by atoms with Crippen molar-refractivity contribution in [3.05, 3.63) is 65.9 Å². The SMILES string of the molecule is Cc1ccc(S(=O)(=O)n2cc(CCCOS(N)(=O)=O)c3ccccc32)cc1. The largest absolute Gasteiger partial charge is 0.333 e. The Kier molecular flexibility index (Phi) is 5.38. The third kappa shape index (κ3) is 4.38. The minimum absolute atomic E-state index is 0.0664. The minimum atomic E-state index is -3.98. The predicted octanol–water partition coefficient (Wildman–Crippen LogP) is 2.34. The third-order valence-electron chi connectivity index (χ3n) is 4.18. The van der Waals surface area contributed by atoms with E-state index in [2.05, 4.69) is 4.18 Å². The number of aryl methyl sites for hydroxylation is 2. The smallest absolute Gasteiger partial charge is 0.258 e. The lowest BCUT2D eigenvalue weighted by Crippen LogP contribution is -2.16. The molecular formula is C18H20N2O5S2. The van der Waals surface area contributed by atoms with Gasteiger partial charge in [0.1, 0.15) is 0 Å². The van der Waals surface area contributed by atoms with Crippen LogP contribution in [0.15, 0.2) is 59.6 Å². The Morgan fingerprint density at radius 2 is 1.67 bits per heavy atom. The van der Waals surface area contributed by atoms with Crippen molar-refractivity contribution in [2.75, 3.05) is 6.61 Å². The van der Waals surface area contributed by atoms with Crippen molar-refractivity contribution in [1.82, 2.24) is 3.97 Å². The Hall–Kier alpha value is -2.20. The molecule has 1 heterocycles. The highest BCUT2D eigenvalue weighted by atomic mass is 32.2. The monoisotopic (exact) mass is 408 g/mol. The third-order valence-corrected chi connectivity index (χ3v) is 6.36. The number of rotatable bonds is 7. The summed E-state index contributed by atoms with van der Waals surface area (Å²) in [5, 5.41) is 5.60. The van der Waals surface area contributed by atoms with E-state index >= 15 is 0 Å². The van der Waals surface area contributed by atoms with Gasteiger partial charge in [-0.15, -0.1) is 0 Å². The van der Waals surface area contributed by atoms with Gasteiger partial charge in [0, 0.05) is 11.6 Å². The summed E-state index contributed by atoms with van der Waals surface area (Å²) in [6.45, 7) is 1.83. The average molecular weight is 409 g/mol. The minimum Gasteiger partial charge on any atom is -0.258 e. The van der Waals surface area contributed by atoms with Gasteiger partial charge in [0.15, 0.2) is 0 Å². The number of hydrogen-bond donors (Lipinski definition) is 1. The molecule has 1 aromatic heterocycles. The molecule has 0 fully saturated rings. The fourth-order valence-electron chi connectivity index (χ4n) is 2.88. The second-order valence-electron chi connectivity index (χ2n) is 6.20. The van der Waals surface area contributed by atoms with E-state index in [0.717, 1.165) is 16.5 Å². The summed E-state index contributed by atoms with van der Waals surface area (Å²) in [4.78, 5) is 0.206. The molecule has 2 aromatic carbocycles. The molecule has 0 aliphatic rings. The fraction of sp³-hybridized carbons (Fsp3) is 0.222. The second-order valence-corrected chi connectivity index (χ2v) is 9.24.